The van der Waals surface area contributed by atoms with E-state index in [1.165, 1.54) is 6.08 Å². The minimum absolute atomic E-state index is 0.140. The van der Waals surface area contributed by atoms with E-state index in [-0.39, 0.29) is 5.91 Å². The highest BCUT2D eigenvalue weighted by atomic mass is 16.3. The summed E-state index contributed by atoms with van der Waals surface area (Å²) in [4.78, 5) is 10.8. The molecule has 0 aliphatic rings. The number of carbonyl (C=O) groups excluding carboxylic acids is 1. The van der Waals surface area contributed by atoms with Crippen molar-refractivity contribution in [3.63, 3.8) is 0 Å². The second-order valence-corrected chi connectivity index (χ2v) is 3.20. The number of hydrogen-bond acceptors (Lipinski definition) is 2. The summed E-state index contributed by atoms with van der Waals surface area (Å²) in [6.45, 7) is 3.92. The number of rotatable bonds is 3. The number of amides is 1. The van der Waals surface area contributed by atoms with Crippen molar-refractivity contribution >= 4 is 5.91 Å². The molecule has 1 N–H and O–H groups in total. The van der Waals surface area contributed by atoms with Gasteiger partial charge in [-0.1, -0.05) is 36.9 Å². The Morgan fingerprint density at radius 1 is 1.18 bits per heavy atom. The van der Waals surface area contributed by atoms with E-state index in [1.807, 2.05) is 42.5 Å². The number of carbonyl (C=O) groups is 1. The average molecular weight is 229 g/mol. The van der Waals surface area contributed by atoms with E-state index in [0.29, 0.717) is 6.54 Å². The van der Waals surface area contributed by atoms with Crippen LogP contribution in [0.3, 0.4) is 0 Å². The number of furan rings is 1. The van der Waals surface area contributed by atoms with Crippen LogP contribution in [0, 0.1) is 0 Å². The molecule has 0 saturated carbocycles. The molecule has 1 aromatic heterocycles. The van der Waals surface area contributed by atoms with Gasteiger partial charge in [-0.05, 0) is 23.8 Å². The minimum atomic E-state index is -0.140. The van der Waals surface area contributed by atoms with Crippen molar-refractivity contribution in [1.82, 2.24) is 5.32 Å². The summed E-state index contributed by atoms with van der Waals surface area (Å²) >= 11 is 0. The zero-order chi connectivity index (χ0) is 12.3. The van der Waals surface area contributed by atoms with E-state index in [1.54, 1.807) is 12.5 Å². The quantitative estimate of drug-likeness (QED) is 0.822. The lowest BCUT2D eigenvalue weighted by atomic mass is 10.2. The Hall–Kier alpha value is -2.29. The highest BCUT2D eigenvalue weighted by Gasteiger charge is 1.93. The SMILES string of the molecule is C=CC(=O)NCc1ccccc1.c1ccoc1. The maximum Gasteiger partial charge on any atom is 0.243 e. The molecule has 0 unspecified atom stereocenters. The van der Waals surface area contributed by atoms with E-state index in [9.17, 15) is 4.79 Å². The van der Waals surface area contributed by atoms with Crippen LogP contribution < -0.4 is 5.32 Å². The third-order valence-corrected chi connectivity index (χ3v) is 1.92. The van der Waals surface area contributed by atoms with Crippen molar-refractivity contribution in [1.29, 1.82) is 0 Å². The maximum absolute atomic E-state index is 10.8. The Morgan fingerprint density at radius 3 is 2.29 bits per heavy atom. The van der Waals surface area contributed by atoms with E-state index >= 15 is 0 Å². The fraction of sp³-hybridized carbons (Fsp3) is 0.0714. The van der Waals surface area contributed by atoms with E-state index in [2.05, 4.69) is 16.3 Å². The molecule has 3 heteroatoms. The molecular weight excluding hydrogens is 214 g/mol. The molecule has 88 valence electrons. The normalized spacial score (nSPS) is 8.71. The first-order valence-corrected chi connectivity index (χ1v) is 5.24. The van der Waals surface area contributed by atoms with Gasteiger partial charge in [-0.3, -0.25) is 4.79 Å². The monoisotopic (exact) mass is 229 g/mol. The largest absolute Gasteiger partial charge is 0.473 e. The molecule has 2 aromatic rings. The highest BCUT2D eigenvalue weighted by molar-refractivity contribution is 5.86. The van der Waals surface area contributed by atoms with Crippen LogP contribution in [0.15, 0.2) is 72.1 Å². The third-order valence-electron chi connectivity index (χ3n) is 1.92. The lowest BCUT2D eigenvalue weighted by Gasteiger charge is -2.00. The van der Waals surface area contributed by atoms with Crippen molar-refractivity contribution in [3.8, 4) is 0 Å². The van der Waals surface area contributed by atoms with Gasteiger partial charge in [0.2, 0.25) is 5.91 Å². The predicted octanol–water partition coefficient (Wildman–Crippen LogP) is 2.77. The van der Waals surface area contributed by atoms with E-state index in [4.69, 9.17) is 0 Å². The molecule has 0 atom stereocenters. The van der Waals surface area contributed by atoms with Crippen LogP contribution in [-0.2, 0) is 11.3 Å². The van der Waals surface area contributed by atoms with Crippen molar-refractivity contribution in [2.24, 2.45) is 0 Å². The number of benzene rings is 1. The van der Waals surface area contributed by atoms with Gasteiger partial charge < -0.3 is 9.73 Å². The summed E-state index contributed by atoms with van der Waals surface area (Å²) in [6.07, 6.45) is 4.52. The van der Waals surface area contributed by atoms with Crippen LogP contribution in [0.4, 0.5) is 0 Å². The van der Waals surface area contributed by atoms with Crippen LogP contribution in [0.2, 0.25) is 0 Å². The molecule has 0 saturated heterocycles. The average Bonchev–Trinajstić information content (AvgIpc) is 2.96. The van der Waals surface area contributed by atoms with Gasteiger partial charge in [-0.15, -0.1) is 0 Å². The van der Waals surface area contributed by atoms with Crippen LogP contribution in [-0.4, -0.2) is 5.91 Å². The molecule has 0 aliphatic heterocycles. The summed E-state index contributed by atoms with van der Waals surface area (Å²) in [5, 5.41) is 2.69. The van der Waals surface area contributed by atoms with Gasteiger partial charge in [0.05, 0.1) is 12.5 Å². The van der Waals surface area contributed by atoms with Gasteiger partial charge in [0.25, 0.3) is 0 Å². The molecule has 0 aliphatic carbocycles. The molecule has 3 nitrogen and oxygen atoms in total. The van der Waals surface area contributed by atoms with Gasteiger partial charge in [-0.25, -0.2) is 0 Å². The van der Waals surface area contributed by atoms with Gasteiger partial charge in [0.15, 0.2) is 0 Å². The molecular formula is C14H15NO2. The van der Waals surface area contributed by atoms with Crippen molar-refractivity contribution in [3.05, 3.63) is 73.2 Å². The van der Waals surface area contributed by atoms with Crippen LogP contribution >= 0.6 is 0 Å². The number of nitrogens with one attached hydrogen (secondary N) is 1. The Bertz CT molecular complexity index is 404. The Balaban J connectivity index is 0.000000239. The second kappa shape index (κ2) is 7.93. The topological polar surface area (TPSA) is 42.2 Å². The number of hydrogen-bond donors (Lipinski definition) is 1. The molecule has 0 spiro atoms. The maximum atomic E-state index is 10.8. The van der Waals surface area contributed by atoms with E-state index in [0.717, 1.165) is 5.56 Å². The highest BCUT2D eigenvalue weighted by Crippen LogP contribution is 1.96. The van der Waals surface area contributed by atoms with E-state index < -0.39 is 0 Å². The van der Waals surface area contributed by atoms with Crippen molar-refractivity contribution < 1.29 is 9.21 Å². The Kier molecular flexibility index (Phi) is 5.96. The van der Waals surface area contributed by atoms with Gasteiger partial charge >= 0.3 is 0 Å². The third kappa shape index (κ3) is 5.99. The summed E-state index contributed by atoms with van der Waals surface area (Å²) in [5.41, 5.74) is 1.09. The second-order valence-electron chi connectivity index (χ2n) is 3.20. The van der Waals surface area contributed by atoms with Crippen LogP contribution in [0.5, 0.6) is 0 Å². The zero-order valence-corrected chi connectivity index (χ0v) is 9.50. The molecule has 1 amide bonds. The fourth-order valence-corrected chi connectivity index (χ4v) is 1.08. The summed E-state index contributed by atoms with van der Waals surface area (Å²) in [7, 11) is 0. The first-order chi connectivity index (χ1) is 8.33. The lowest BCUT2D eigenvalue weighted by Crippen LogP contribution is -2.19. The molecule has 0 bridgehead atoms. The summed E-state index contributed by atoms with van der Waals surface area (Å²) in [5.74, 6) is -0.140. The standard InChI is InChI=1S/C10H11NO.C4H4O/c1-2-10(12)11-8-9-6-4-3-5-7-9;1-2-4-5-3-1/h2-7H,1,8H2,(H,11,12);1-4H. The zero-order valence-electron chi connectivity index (χ0n) is 9.50. The fourth-order valence-electron chi connectivity index (χ4n) is 1.08. The summed E-state index contributed by atoms with van der Waals surface area (Å²) in [6, 6.07) is 13.4. The first-order valence-electron chi connectivity index (χ1n) is 5.24. The molecule has 0 radical (unpaired) electrons. The molecule has 0 fully saturated rings. The summed E-state index contributed by atoms with van der Waals surface area (Å²) < 4.78 is 4.58. The lowest BCUT2D eigenvalue weighted by molar-refractivity contribution is -0.116. The van der Waals surface area contributed by atoms with Gasteiger partial charge in [0.1, 0.15) is 0 Å². The smallest absolute Gasteiger partial charge is 0.243 e. The van der Waals surface area contributed by atoms with Gasteiger partial charge in [0, 0.05) is 6.54 Å². The predicted molar refractivity (Wildman–Crippen MR) is 67.2 cm³/mol. The first kappa shape index (κ1) is 12.8. The molecule has 1 aromatic carbocycles. The Labute approximate surface area is 101 Å². The van der Waals surface area contributed by atoms with Gasteiger partial charge in [-0.2, -0.15) is 0 Å². The molecule has 2 rings (SSSR count). The Morgan fingerprint density at radius 2 is 1.82 bits per heavy atom. The van der Waals surface area contributed by atoms with Crippen LogP contribution in [0.25, 0.3) is 0 Å². The molecule has 1 heterocycles. The van der Waals surface area contributed by atoms with Crippen LogP contribution in [0.1, 0.15) is 5.56 Å². The van der Waals surface area contributed by atoms with Crippen molar-refractivity contribution in [2.75, 3.05) is 0 Å². The van der Waals surface area contributed by atoms with Crippen molar-refractivity contribution in [2.45, 2.75) is 6.54 Å². The minimum Gasteiger partial charge on any atom is -0.473 e. The molecule has 17 heavy (non-hydrogen) atoms.